The highest BCUT2D eigenvalue weighted by molar-refractivity contribution is 5.95. The van der Waals surface area contributed by atoms with Crippen LogP contribution in [0, 0.1) is 43.9 Å². The van der Waals surface area contributed by atoms with E-state index in [1.807, 2.05) is 13.8 Å². The number of carbonyl (C=O) groups is 2. The standard InChI is InChI=1S/C24H34N2O2/c1-15-5-16(2)23(17(3)6-15)25-21(27)14-26(4)22(28)13-24-10-18-7-19(11-24)9-20(8-18)12-24/h5-6,18-20H,7-14H2,1-4H3,(H,25,27). The summed E-state index contributed by atoms with van der Waals surface area (Å²) in [5.74, 6) is 2.56. The fraction of sp³-hybridized carbons (Fsp3) is 0.667. The fourth-order valence-corrected chi connectivity index (χ4v) is 6.82. The first kappa shape index (κ1) is 19.5. The lowest BCUT2D eigenvalue weighted by molar-refractivity contribution is -0.140. The normalized spacial score (nSPS) is 30.4. The van der Waals surface area contributed by atoms with E-state index in [2.05, 4.69) is 24.4 Å². The molecule has 4 saturated carbocycles. The molecule has 4 heteroatoms. The molecule has 4 bridgehead atoms. The predicted molar refractivity (Wildman–Crippen MR) is 112 cm³/mol. The first-order valence-corrected chi connectivity index (χ1v) is 10.8. The maximum atomic E-state index is 12.9. The van der Waals surface area contributed by atoms with Gasteiger partial charge in [0.2, 0.25) is 11.8 Å². The van der Waals surface area contributed by atoms with Gasteiger partial charge in [-0.1, -0.05) is 17.7 Å². The lowest BCUT2D eigenvalue weighted by Crippen LogP contribution is -2.48. The Morgan fingerprint density at radius 3 is 2.00 bits per heavy atom. The molecule has 1 N–H and O–H groups in total. The van der Waals surface area contributed by atoms with E-state index in [0.717, 1.165) is 34.6 Å². The molecule has 4 fully saturated rings. The summed E-state index contributed by atoms with van der Waals surface area (Å²) in [5.41, 5.74) is 4.41. The van der Waals surface area contributed by atoms with Crippen LogP contribution in [0.1, 0.15) is 61.6 Å². The molecule has 4 nitrogen and oxygen atoms in total. The quantitative estimate of drug-likeness (QED) is 0.808. The topological polar surface area (TPSA) is 49.4 Å². The van der Waals surface area contributed by atoms with Crippen LogP contribution in [0.25, 0.3) is 0 Å². The Bertz CT molecular complexity index is 740. The summed E-state index contributed by atoms with van der Waals surface area (Å²) in [4.78, 5) is 27.1. The van der Waals surface area contributed by atoms with Gasteiger partial charge in [0.25, 0.3) is 0 Å². The van der Waals surface area contributed by atoms with Crippen molar-refractivity contribution >= 4 is 17.5 Å². The molecule has 152 valence electrons. The molecule has 4 aliphatic carbocycles. The van der Waals surface area contributed by atoms with E-state index < -0.39 is 0 Å². The number of rotatable bonds is 5. The van der Waals surface area contributed by atoms with Crippen molar-refractivity contribution in [2.75, 3.05) is 18.9 Å². The van der Waals surface area contributed by atoms with Gasteiger partial charge in [0, 0.05) is 19.2 Å². The number of hydrogen-bond donors (Lipinski definition) is 1. The van der Waals surface area contributed by atoms with Crippen molar-refractivity contribution in [2.45, 2.75) is 65.7 Å². The van der Waals surface area contributed by atoms with Gasteiger partial charge in [-0.25, -0.2) is 0 Å². The second kappa shape index (κ2) is 7.20. The summed E-state index contributed by atoms with van der Waals surface area (Å²) in [6.07, 6.45) is 8.48. The lowest BCUT2D eigenvalue weighted by atomic mass is 9.49. The molecule has 0 spiro atoms. The summed E-state index contributed by atoms with van der Waals surface area (Å²) in [7, 11) is 1.78. The van der Waals surface area contributed by atoms with Crippen LogP contribution in [0.2, 0.25) is 0 Å². The Morgan fingerprint density at radius 1 is 1.00 bits per heavy atom. The summed E-state index contributed by atoms with van der Waals surface area (Å²) in [5, 5.41) is 3.02. The maximum Gasteiger partial charge on any atom is 0.243 e. The number of anilines is 1. The van der Waals surface area contributed by atoms with Gasteiger partial charge < -0.3 is 10.2 Å². The highest BCUT2D eigenvalue weighted by atomic mass is 16.2. The van der Waals surface area contributed by atoms with Gasteiger partial charge in [-0.15, -0.1) is 0 Å². The monoisotopic (exact) mass is 382 g/mol. The zero-order valence-electron chi connectivity index (χ0n) is 17.8. The van der Waals surface area contributed by atoms with Crippen LogP contribution in [-0.4, -0.2) is 30.3 Å². The Morgan fingerprint density at radius 2 is 1.50 bits per heavy atom. The number of hydrogen-bond acceptors (Lipinski definition) is 2. The number of aryl methyl sites for hydroxylation is 3. The molecule has 1 aromatic carbocycles. The molecule has 0 heterocycles. The molecule has 4 aliphatic rings. The fourth-order valence-electron chi connectivity index (χ4n) is 6.82. The van der Waals surface area contributed by atoms with Crippen molar-refractivity contribution in [2.24, 2.45) is 23.2 Å². The van der Waals surface area contributed by atoms with Crippen LogP contribution in [0.4, 0.5) is 5.69 Å². The molecule has 0 radical (unpaired) electrons. The first-order chi connectivity index (χ1) is 13.2. The van der Waals surface area contributed by atoms with Crippen LogP contribution in [0.15, 0.2) is 12.1 Å². The van der Waals surface area contributed by atoms with Crippen molar-refractivity contribution in [3.63, 3.8) is 0 Å². The molecule has 2 amide bonds. The van der Waals surface area contributed by atoms with Crippen molar-refractivity contribution in [3.05, 3.63) is 28.8 Å². The third-order valence-corrected chi connectivity index (χ3v) is 7.44. The number of carbonyl (C=O) groups excluding carboxylic acids is 2. The van der Waals surface area contributed by atoms with E-state index in [1.54, 1.807) is 11.9 Å². The average Bonchev–Trinajstić information content (AvgIpc) is 2.56. The summed E-state index contributed by atoms with van der Waals surface area (Å²) < 4.78 is 0. The molecule has 0 aliphatic heterocycles. The van der Waals surface area contributed by atoms with Crippen LogP contribution in [0.5, 0.6) is 0 Å². The van der Waals surface area contributed by atoms with Gasteiger partial charge >= 0.3 is 0 Å². The largest absolute Gasteiger partial charge is 0.336 e. The zero-order valence-corrected chi connectivity index (χ0v) is 17.8. The molecule has 28 heavy (non-hydrogen) atoms. The van der Waals surface area contributed by atoms with Crippen LogP contribution in [-0.2, 0) is 9.59 Å². The zero-order chi connectivity index (χ0) is 20.1. The summed E-state index contributed by atoms with van der Waals surface area (Å²) in [6, 6.07) is 4.15. The van der Waals surface area contributed by atoms with Crippen LogP contribution >= 0.6 is 0 Å². The molecule has 0 saturated heterocycles. The van der Waals surface area contributed by atoms with Gasteiger partial charge in [-0.2, -0.15) is 0 Å². The SMILES string of the molecule is Cc1cc(C)c(NC(=O)CN(C)C(=O)CC23CC4CC(CC(C4)C2)C3)c(C)c1. The minimum absolute atomic E-state index is 0.114. The Kier molecular flexibility index (Phi) is 5.01. The number of amides is 2. The second-order valence-corrected chi connectivity index (χ2v) is 10.2. The average molecular weight is 383 g/mol. The second-order valence-electron chi connectivity index (χ2n) is 10.2. The van der Waals surface area contributed by atoms with Crippen LogP contribution < -0.4 is 5.32 Å². The van der Waals surface area contributed by atoms with Crippen molar-refractivity contribution < 1.29 is 9.59 Å². The van der Waals surface area contributed by atoms with E-state index in [-0.39, 0.29) is 23.8 Å². The highest BCUT2D eigenvalue weighted by Gasteiger charge is 2.51. The molecule has 0 unspecified atom stereocenters. The molecular weight excluding hydrogens is 348 g/mol. The van der Waals surface area contributed by atoms with Gasteiger partial charge in [0.05, 0.1) is 6.54 Å². The third kappa shape index (κ3) is 3.83. The van der Waals surface area contributed by atoms with E-state index >= 15 is 0 Å². The van der Waals surface area contributed by atoms with Crippen molar-refractivity contribution in [1.82, 2.24) is 4.90 Å². The smallest absolute Gasteiger partial charge is 0.243 e. The third-order valence-electron chi connectivity index (χ3n) is 7.44. The van der Waals surface area contributed by atoms with E-state index in [1.165, 1.54) is 44.1 Å². The van der Waals surface area contributed by atoms with Gasteiger partial charge in [0.15, 0.2) is 0 Å². The van der Waals surface area contributed by atoms with E-state index in [4.69, 9.17) is 0 Å². The van der Waals surface area contributed by atoms with Crippen molar-refractivity contribution in [3.8, 4) is 0 Å². The highest BCUT2D eigenvalue weighted by Crippen LogP contribution is 2.61. The predicted octanol–water partition coefficient (Wildman–Crippen LogP) is 4.62. The Hall–Kier alpha value is -1.84. The molecule has 1 aromatic rings. The number of benzene rings is 1. The van der Waals surface area contributed by atoms with Gasteiger partial charge in [-0.05, 0) is 93.6 Å². The maximum absolute atomic E-state index is 12.9. The van der Waals surface area contributed by atoms with Gasteiger partial charge in [0.1, 0.15) is 0 Å². The number of nitrogens with zero attached hydrogens (tertiary/aromatic N) is 1. The van der Waals surface area contributed by atoms with Crippen molar-refractivity contribution in [1.29, 1.82) is 0 Å². The summed E-state index contributed by atoms with van der Waals surface area (Å²) in [6.45, 7) is 6.20. The Balaban J connectivity index is 1.35. The van der Waals surface area contributed by atoms with E-state index in [9.17, 15) is 9.59 Å². The number of likely N-dealkylation sites (N-methyl/N-ethyl adjacent to an activating group) is 1. The molecular formula is C24H34N2O2. The molecule has 0 atom stereocenters. The minimum atomic E-state index is -0.114. The first-order valence-electron chi connectivity index (χ1n) is 10.8. The molecule has 5 rings (SSSR count). The Labute approximate surface area is 169 Å². The number of nitrogens with one attached hydrogen (secondary N) is 1. The summed E-state index contributed by atoms with van der Waals surface area (Å²) >= 11 is 0. The van der Waals surface area contributed by atoms with E-state index in [0.29, 0.717) is 6.42 Å². The lowest BCUT2D eigenvalue weighted by Gasteiger charge is -2.56. The molecule has 0 aromatic heterocycles. The van der Waals surface area contributed by atoms with Crippen LogP contribution in [0.3, 0.4) is 0 Å². The van der Waals surface area contributed by atoms with Gasteiger partial charge in [-0.3, -0.25) is 9.59 Å². The minimum Gasteiger partial charge on any atom is -0.336 e.